The highest BCUT2D eigenvalue weighted by Crippen LogP contribution is 2.19. The van der Waals surface area contributed by atoms with E-state index in [1.54, 1.807) is 14.0 Å². The van der Waals surface area contributed by atoms with Crippen molar-refractivity contribution in [3.63, 3.8) is 0 Å². The molecule has 0 saturated carbocycles. The number of nitrogens with zero attached hydrogens (tertiary/aromatic N) is 1. The fourth-order valence-corrected chi connectivity index (χ4v) is 4.39. The number of aliphatic hydroxyl groups excluding tert-OH is 1. The second-order valence-electron chi connectivity index (χ2n) is 4.82. The van der Waals surface area contributed by atoms with Gasteiger partial charge in [-0.05, 0) is 13.3 Å². The molecule has 1 heterocycles. The smallest absolute Gasteiger partial charge is 0.232 e. The third-order valence-electron chi connectivity index (χ3n) is 3.30. The SMILES string of the molecule is CC(O)C(C)SCC(=O)N(C)C1CCS(=O)(=O)C1. The Labute approximate surface area is 113 Å². The number of hydrogen-bond donors (Lipinski definition) is 1. The van der Waals surface area contributed by atoms with Crippen LogP contribution < -0.4 is 0 Å². The molecule has 3 atom stereocenters. The van der Waals surface area contributed by atoms with E-state index < -0.39 is 15.9 Å². The van der Waals surface area contributed by atoms with E-state index in [1.165, 1.54) is 16.7 Å². The molecule has 0 spiro atoms. The quantitative estimate of drug-likeness (QED) is 0.780. The van der Waals surface area contributed by atoms with Crippen LogP contribution in [0.5, 0.6) is 0 Å². The lowest BCUT2D eigenvalue weighted by molar-refractivity contribution is -0.128. The molecule has 1 amide bonds. The minimum Gasteiger partial charge on any atom is -0.392 e. The first kappa shape index (κ1) is 15.8. The van der Waals surface area contributed by atoms with Crippen LogP contribution in [0.1, 0.15) is 20.3 Å². The van der Waals surface area contributed by atoms with Gasteiger partial charge in [-0.3, -0.25) is 4.79 Å². The summed E-state index contributed by atoms with van der Waals surface area (Å²) in [5.74, 6) is 0.451. The van der Waals surface area contributed by atoms with Crippen LogP contribution in [0.15, 0.2) is 0 Å². The van der Waals surface area contributed by atoms with Crippen molar-refractivity contribution in [1.82, 2.24) is 4.90 Å². The molecule has 106 valence electrons. The highest BCUT2D eigenvalue weighted by molar-refractivity contribution is 8.00. The number of thioether (sulfide) groups is 1. The summed E-state index contributed by atoms with van der Waals surface area (Å²) in [6, 6.07) is -0.190. The van der Waals surface area contributed by atoms with E-state index >= 15 is 0 Å². The minimum absolute atomic E-state index is 0.00494. The van der Waals surface area contributed by atoms with Crippen molar-refractivity contribution < 1.29 is 18.3 Å². The van der Waals surface area contributed by atoms with Crippen LogP contribution in [0, 0.1) is 0 Å². The number of carbonyl (C=O) groups excluding carboxylic acids is 1. The molecule has 0 bridgehead atoms. The van der Waals surface area contributed by atoms with Gasteiger partial charge in [-0.2, -0.15) is 0 Å². The molecule has 3 unspecified atom stereocenters. The summed E-state index contributed by atoms with van der Waals surface area (Å²) in [5, 5.41) is 9.32. The Bertz CT molecular complexity index is 394. The average Bonchev–Trinajstić information content (AvgIpc) is 2.64. The first-order valence-corrected chi connectivity index (χ1v) is 8.85. The van der Waals surface area contributed by atoms with Crippen LogP contribution in [-0.2, 0) is 14.6 Å². The Morgan fingerprint density at radius 2 is 2.11 bits per heavy atom. The molecule has 1 saturated heterocycles. The molecule has 1 aliphatic rings. The predicted molar refractivity (Wildman–Crippen MR) is 73.4 cm³/mol. The van der Waals surface area contributed by atoms with Gasteiger partial charge < -0.3 is 10.0 Å². The molecule has 0 aromatic heterocycles. The zero-order valence-corrected chi connectivity index (χ0v) is 12.6. The van der Waals surface area contributed by atoms with Crippen LogP contribution in [0.2, 0.25) is 0 Å². The molecule has 0 radical (unpaired) electrons. The van der Waals surface area contributed by atoms with Gasteiger partial charge in [0.15, 0.2) is 9.84 Å². The fourth-order valence-electron chi connectivity index (χ4n) is 1.73. The zero-order valence-electron chi connectivity index (χ0n) is 11.0. The lowest BCUT2D eigenvalue weighted by Gasteiger charge is -2.24. The lowest BCUT2D eigenvalue weighted by Crippen LogP contribution is -2.39. The van der Waals surface area contributed by atoms with Crippen LogP contribution in [0.4, 0.5) is 0 Å². The zero-order chi connectivity index (χ0) is 13.9. The molecule has 1 fully saturated rings. The van der Waals surface area contributed by atoms with Gasteiger partial charge in [0, 0.05) is 18.3 Å². The fraction of sp³-hybridized carbons (Fsp3) is 0.909. The number of amides is 1. The average molecular weight is 295 g/mol. The first-order valence-electron chi connectivity index (χ1n) is 5.98. The molecular weight excluding hydrogens is 274 g/mol. The summed E-state index contributed by atoms with van der Waals surface area (Å²) in [6.07, 6.45) is 0.0706. The van der Waals surface area contributed by atoms with Crippen LogP contribution in [-0.4, -0.2) is 66.0 Å². The predicted octanol–water partition coefficient (Wildman–Crippen LogP) is 0.134. The first-order chi connectivity index (χ1) is 8.23. The molecule has 18 heavy (non-hydrogen) atoms. The van der Waals surface area contributed by atoms with Crippen LogP contribution in [0.3, 0.4) is 0 Å². The van der Waals surface area contributed by atoms with E-state index in [1.807, 2.05) is 6.92 Å². The van der Waals surface area contributed by atoms with Crippen molar-refractivity contribution in [2.24, 2.45) is 0 Å². The number of aliphatic hydroxyl groups is 1. The van der Waals surface area contributed by atoms with Gasteiger partial charge in [0.2, 0.25) is 5.91 Å². The molecule has 0 aliphatic carbocycles. The summed E-state index contributed by atoms with van der Waals surface area (Å²) in [7, 11) is -1.31. The van der Waals surface area contributed by atoms with E-state index in [2.05, 4.69) is 0 Å². The largest absolute Gasteiger partial charge is 0.392 e. The summed E-state index contributed by atoms with van der Waals surface area (Å²) in [4.78, 5) is 13.4. The van der Waals surface area contributed by atoms with Crippen molar-refractivity contribution >= 4 is 27.5 Å². The maximum atomic E-state index is 11.9. The Morgan fingerprint density at radius 1 is 1.50 bits per heavy atom. The highest BCUT2D eigenvalue weighted by Gasteiger charge is 2.32. The van der Waals surface area contributed by atoms with Crippen molar-refractivity contribution in [3.8, 4) is 0 Å². The molecule has 0 aromatic rings. The summed E-state index contributed by atoms with van der Waals surface area (Å²) < 4.78 is 22.7. The highest BCUT2D eigenvalue weighted by atomic mass is 32.2. The maximum Gasteiger partial charge on any atom is 0.232 e. The van der Waals surface area contributed by atoms with E-state index in [9.17, 15) is 18.3 Å². The third kappa shape index (κ3) is 4.44. The maximum absolute atomic E-state index is 11.9. The second kappa shape index (κ2) is 6.25. The van der Waals surface area contributed by atoms with Crippen molar-refractivity contribution in [1.29, 1.82) is 0 Å². The number of sulfone groups is 1. The van der Waals surface area contributed by atoms with Gasteiger partial charge in [-0.15, -0.1) is 11.8 Å². The van der Waals surface area contributed by atoms with Crippen LogP contribution in [0.25, 0.3) is 0 Å². The summed E-state index contributed by atoms with van der Waals surface area (Å²) in [6.45, 7) is 3.55. The van der Waals surface area contributed by atoms with Gasteiger partial charge >= 0.3 is 0 Å². The van der Waals surface area contributed by atoms with Gasteiger partial charge in [0.25, 0.3) is 0 Å². The Balaban J connectivity index is 2.43. The Kier molecular flexibility index (Phi) is 5.48. The summed E-state index contributed by atoms with van der Waals surface area (Å²) in [5.41, 5.74) is 0. The van der Waals surface area contributed by atoms with Gasteiger partial charge in [-0.1, -0.05) is 6.92 Å². The molecule has 1 N–H and O–H groups in total. The standard InChI is InChI=1S/C11H21NO4S2/c1-8(13)9(2)17-6-11(14)12(3)10-4-5-18(15,16)7-10/h8-10,13H,4-7H2,1-3H3. The van der Waals surface area contributed by atoms with Gasteiger partial charge in [0.05, 0.1) is 23.4 Å². The minimum atomic E-state index is -2.96. The summed E-state index contributed by atoms with van der Waals surface area (Å²) >= 11 is 1.39. The number of hydrogen-bond acceptors (Lipinski definition) is 5. The molecule has 7 heteroatoms. The van der Waals surface area contributed by atoms with Crippen molar-refractivity contribution in [3.05, 3.63) is 0 Å². The monoisotopic (exact) mass is 295 g/mol. The Morgan fingerprint density at radius 3 is 2.56 bits per heavy atom. The topological polar surface area (TPSA) is 74.7 Å². The van der Waals surface area contributed by atoms with Gasteiger partial charge in [0.1, 0.15) is 0 Å². The molecule has 5 nitrogen and oxygen atoms in total. The number of rotatable bonds is 5. The molecular formula is C11H21NO4S2. The van der Waals surface area contributed by atoms with E-state index in [-0.39, 0.29) is 34.5 Å². The Hall–Kier alpha value is -0.270. The van der Waals surface area contributed by atoms with Crippen molar-refractivity contribution in [2.75, 3.05) is 24.3 Å². The van der Waals surface area contributed by atoms with Crippen LogP contribution >= 0.6 is 11.8 Å². The molecule has 1 aliphatic heterocycles. The van der Waals surface area contributed by atoms with Gasteiger partial charge in [-0.25, -0.2) is 8.42 Å². The number of carbonyl (C=O) groups is 1. The second-order valence-corrected chi connectivity index (χ2v) is 8.41. The third-order valence-corrected chi connectivity index (χ3v) is 6.38. The van der Waals surface area contributed by atoms with Crippen molar-refractivity contribution in [2.45, 2.75) is 37.7 Å². The van der Waals surface area contributed by atoms with E-state index in [4.69, 9.17) is 0 Å². The molecule has 0 aromatic carbocycles. The van der Waals surface area contributed by atoms with E-state index in [0.29, 0.717) is 6.42 Å². The lowest BCUT2D eigenvalue weighted by atomic mass is 10.2. The normalized spacial score (nSPS) is 25.7. The van der Waals surface area contributed by atoms with E-state index in [0.717, 1.165) is 0 Å². The molecule has 1 rings (SSSR count).